The number of nitriles is 2. The van der Waals surface area contributed by atoms with Crippen molar-refractivity contribution in [2.75, 3.05) is 0 Å². The number of Topliss-reactive ketones (excluding diaryl/α,β-unsaturated/α-hetero) is 2. The average Bonchev–Trinajstić information content (AvgIpc) is 3.49. The number of aromatic amines is 1. The van der Waals surface area contributed by atoms with E-state index < -0.39 is 21.7 Å². The summed E-state index contributed by atoms with van der Waals surface area (Å²) in [5, 5.41) is 32.5. The van der Waals surface area contributed by atoms with Gasteiger partial charge < -0.3 is 0 Å². The Morgan fingerprint density at radius 3 is 2.05 bits per heavy atom. The molecule has 1 N–H and O–H groups in total. The Kier molecular flexibility index (Phi) is 4.79. The van der Waals surface area contributed by atoms with Crippen molar-refractivity contribution in [2.45, 2.75) is 78.1 Å². The maximum Gasteiger partial charge on any atom is 0.178 e. The number of allylic oxidation sites excluding steroid dienone is 4. The summed E-state index contributed by atoms with van der Waals surface area (Å²) in [7, 11) is 0. The van der Waals surface area contributed by atoms with Gasteiger partial charge in [0.2, 0.25) is 0 Å². The number of aryl methyl sites for hydroxylation is 1. The summed E-state index contributed by atoms with van der Waals surface area (Å²) >= 11 is 0. The average molecular weight is 509 g/mol. The summed E-state index contributed by atoms with van der Waals surface area (Å²) in [5.74, 6) is 0.633. The minimum Gasteiger partial charge on any atom is -0.293 e. The largest absolute Gasteiger partial charge is 0.293 e. The topological polar surface area (TPSA) is 128 Å². The van der Waals surface area contributed by atoms with Crippen molar-refractivity contribution >= 4 is 11.6 Å². The molecule has 2 aromatic rings. The van der Waals surface area contributed by atoms with Gasteiger partial charge in [-0.1, -0.05) is 53.7 Å². The van der Waals surface area contributed by atoms with Crippen molar-refractivity contribution in [2.24, 2.45) is 22.7 Å². The molecule has 4 atom stereocenters. The Hall–Kier alpha value is -3.78. The Labute approximate surface area is 222 Å². The molecule has 38 heavy (non-hydrogen) atoms. The molecular weight excluding hydrogens is 476 g/mol. The first-order valence-electron chi connectivity index (χ1n) is 13.3. The van der Waals surface area contributed by atoms with Gasteiger partial charge in [0.1, 0.15) is 12.1 Å². The Bertz CT molecular complexity index is 1580. The first-order valence-corrected chi connectivity index (χ1v) is 13.3. The molecule has 0 bridgehead atoms. The quantitative estimate of drug-likeness (QED) is 0.610. The second-order valence-electron chi connectivity index (χ2n) is 13.0. The number of carbonyl (C=O) groups excluding carboxylic acids is 2. The predicted octanol–water partition coefficient (Wildman–Crippen LogP) is 4.35. The number of rotatable bonds is 1. The highest BCUT2D eigenvalue weighted by Gasteiger charge is 2.56. The van der Waals surface area contributed by atoms with Crippen molar-refractivity contribution < 1.29 is 9.59 Å². The fraction of sp³-hybridized carbons (Fsp3) is 0.533. The van der Waals surface area contributed by atoms with E-state index in [1.807, 2.05) is 50.7 Å². The fourth-order valence-corrected chi connectivity index (χ4v) is 8.38. The molecule has 0 unspecified atom stereocenters. The van der Waals surface area contributed by atoms with Crippen LogP contribution in [-0.2, 0) is 33.3 Å². The van der Waals surface area contributed by atoms with Crippen molar-refractivity contribution in [3.05, 3.63) is 52.0 Å². The number of carbonyl (C=O) groups is 2. The standard InChI is InChI=1S/C30H32N6O2/c1-27(2)20-9-7-16-15-36(35-22(16)29(20,5)11-17(13-31)24(27)37)26-19-8-10-21-28(3,4)25(38)18(14-32)12-30(21,6)23(19)33-34-26/h11-12,15,20-21H,7-10H2,1-6H3,(H,33,34)/t20-,21-,29-,30-/m0/s1. The normalized spacial score (nSPS) is 32.5. The monoisotopic (exact) mass is 508 g/mol. The molecule has 4 aliphatic carbocycles. The van der Waals surface area contributed by atoms with Gasteiger partial charge >= 0.3 is 0 Å². The second kappa shape index (κ2) is 7.41. The summed E-state index contributed by atoms with van der Waals surface area (Å²) < 4.78 is 1.84. The number of hydrogen-bond acceptors (Lipinski definition) is 6. The Balaban J connectivity index is 1.48. The van der Waals surface area contributed by atoms with E-state index in [0.29, 0.717) is 0 Å². The first kappa shape index (κ1) is 24.6. The Morgan fingerprint density at radius 1 is 0.895 bits per heavy atom. The molecule has 2 aromatic heterocycles. The van der Waals surface area contributed by atoms with Gasteiger partial charge in [-0.15, -0.1) is 0 Å². The highest BCUT2D eigenvalue weighted by molar-refractivity contribution is 6.05. The van der Waals surface area contributed by atoms with Crippen molar-refractivity contribution in [3.8, 4) is 18.0 Å². The molecule has 2 heterocycles. The van der Waals surface area contributed by atoms with Crippen LogP contribution in [0.4, 0.5) is 0 Å². The lowest BCUT2D eigenvalue weighted by atomic mass is 9.52. The number of ketones is 2. The zero-order valence-electron chi connectivity index (χ0n) is 22.8. The van der Waals surface area contributed by atoms with Gasteiger partial charge in [0, 0.05) is 33.4 Å². The van der Waals surface area contributed by atoms with Crippen LogP contribution in [0.5, 0.6) is 0 Å². The molecule has 0 spiro atoms. The van der Waals surface area contributed by atoms with Crippen LogP contribution in [-0.4, -0.2) is 31.5 Å². The molecule has 0 aliphatic heterocycles. The van der Waals surface area contributed by atoms with Crippen LogP contribution in [0, 0.1) is 45.3 Å². The molecule has 194 valence electrons. The summed E-state index contributed by atoms with van der Waals surface area (Å²) in [6.07, 6.45) is 8.90. The summed E-state index contributed by atoms with van der Waals surface area (Å²) in [6, 6.07) is 4.26. The number of nitrogens with one attached hydrogen (secondary N) is 1. The Morgan fingerprint density at radius 2 is 1.45 bits per heavy atom. The molecular formula is C30H32N6O2. The minimum absolute atomic E-state index is 0.0414. The van der Waals surface area contributed by atoms with Gasteiger partial charge in [0.05, 0.1) is 22.5 Å². The summed E-state index contributed by atoms with van der Waals surface area (Å²) in [5.41, 5.74) is 2.05. The molecule has 8 heteroatoms. The summed E-state index contributed by atoms with van der Waals surface area (Å²) in [6.45, 7) is 12.0. The van der Waals surface area contributed by atoms with Crippen LogP contribution in [0.25, 0.3) is 5.82 Å². The number of hydrogen-bond donors (Lipinski definition) is 1. The van der Waals surface area contributed by atoms with Gasteiger partial charge in [0.25, 0.3) is 0 Å². The maximum absolute atomic E-state index is 13.0. The van der Waals surface area contributed by atoms with Gasteiger partial charge in [-0.25, -0.2) is 4.68 Å². The van der Waals surface area contributed by atoms with E-state index in [-0.39, 0.29) is 34.5 Å². The van der Waals surface area contributed by atoms with E-state index >= 15 is 0 Å². The van der Waals surface area contributed by atoms with E-state index in [1.54, 1.807) is 0 Å². The zero-order valence-corrected chi connectivity index (χ0v) is 22.8. The van der Waals surface area contributed by atoms with E-state index in [2.05, 4.69) is 31.1 Å². The molecule has 6 rings (SSSR count). The number of fused-ring (bicyclic) bond motifs is 6. The van der Waals surface area contributed by atoms with Crippen molar-refractivity contribution in [1.82, 2.24) is 20.0 Å². The van der Waals surface area contributed by atoms with E-state index in [1.165, 1.54) is 0 Å². The lowest BCUT2D eigenvalue weighted by Crippen LogP contribution is -2.51. The molecule has 8 nitrogen and oxygen atoms in total. The fourth-order valence-electron chi connectivity index (χ4n) is 8.38. The van der Waals surface area contributed by atoms with Crippen LogP contribution in [0.1, 0.15) is 76.9 Å². The first-order chi connectivity index (χ1) is 17.8. The van der Waals surface area contributed by atoms with Gasteiger partial charge in [-0.3, -0.25) is 14.7 Å². The van der Waals surface area contributed by atoms with Crippen LogP contribution in [0.15, 0.2) is 29.5 Å². The van der Waals surface area contributed by atoms with E-state index in [9.17, 15) is 20.1 Å². The van der Waals surface area contributed by atoms with Crippen LogP contribution >= 0.6 is 0 Å². The molecule has 0 saturated carbocycles. The molecule has 0 amide bonds. The smallest absolute Gasteiger partial charge is 0.178 e. The van der Waals surface area contributed by atoms with Crippen LogP contribution < -0.4 is 0 Å². The molecule has 0 radical (unpaired) electrons. The lowest BCUT2D eigenvalue weighted by molar-refractivity contribution is -0.129. The molecule has 0 aromatic carbocycles. The van der Waals surface area contributed by atoms with Crippen molar-refractivity contribution in [1.29, 1.82) is 10.5 Å². The highest BCUT2D eigenvalue weighted by Crippen LogP contribution is 2.56. The zero-order chi connectivity index (χ0) is 27.4. The SMILES string of the molecule is CC1(C)C(=O)C(C#N)=C[C@]2(C)c3nn(-c4n[nH]c5c4CC[C@H]4C(C)(C)C(=O)C(C#N)=C[C@]54C)cc3CC[C@@H]12. The second-order valence-corrected chi connectivity index (χ2v) is 13.0. The third kappa shape index (κ3) is 2.84. The van der Waals surface area contributed by atoms with Crippen LogP contribution in [0.2, 0.25) is 0 Å². The van der Waals surface area contributed by atoms with E-state index in [4.69, 9.17) is 10.2 Å². The van der Waals surface area contributed by atoms with Gasteiger partial charge in [0.15, 0.2) is 17.4 Å². The molecule has 0 saturated heterocycles. The minimum atomic E-state index is -0.652. The lowest BCUT2D eigenvalue weighted by Gasteiger charge is -2.49. The third-order valence-electron chi connectivity index (χ3n) is 10.3. The summed E-state index contributed by atoms with van der Waals surface area (Å²) in [4.78, 5) is 26.0. The third-order valence-corrected chi connectivity index (χ3v) is 10.3. The van der Waals surface area contributed by atoms with Crippen LogP contribution in [0.3, 0.4) is 0 Å². The maximum atomic E-state index is 13.0. The van der Waals surface area contributed by atoms with E-state index in [0.717, 1.165) is 54.0 Å². The van der Waals surface area contributed by atoms with Gasteiger partial charge in [-0.2, -0.15) is 20.7 Å². The molecule has 4 aliphatic rings. The van der Waals surface area contributed by atoms with Gasteiger partial charge in [-0.05, 0) is 43.1 Å². The van der Waals surface area contributed by atoms with Crippen molar-refractivity contribution in [3.63, 3.8) is 0 Å². The number of H-pyrrole nitrogens is 1. The predicted molar refractivity (Wildman–Crippen MR) is 139 cm³/mol. The number of nitrogens with zero attached hydrogens (tertiary/aromatic N) is 5. The highest BCUT2D eigenvalue weighted by atomic mass is 16.1. The molecule has 0 fully saturated rings. The number of aromatic nitrogens is 4.